The molecule has 4 nitrogen and oxygen atoms in total. The average Bonchev–Trinajstić information content (AvgIpc) is 2.74. The van der Waals surface area contributed by atoms with Crippen LogP contribution in [0.1, 0.15) is 43.7 Å². The Labute approximate surface area is 182 Å². The fourth-order valence-corrected chi connectivity index (χ4v) is 4.04. The quantitative estimate of drug-likeness (QED) is 0.729. The molecule has 0 aromatic heterocycles. The van der Waals surface area contributed by atoms with Crippen molar-refractivity contribution < 1.29 is 14.0 Å². The highest BCUT2D eigenvalue weighted by Gasteiger charge is 2.31. The Hall–Kier alpha value is -2.40. The van der Waals surface area contributed by atoms with Crippen molar-refractivity contribution in [3.05, 3.63) is 70.5 Å². The van der Waals surface area contributed by atoms with Crippen LogP contribution in [0.3, 0.4) is 0 Å². The Morgan fingerprint density at radius 1 is 1.10 bits per heavy atom. The molecule has 1 saturated heterocycles. The first-order valence-corrected chi connectivity index (χ1v) is 10.8. The van der Waals surface area contributed by atoms with E-state index in [-0.39, 0.29) is 24.2 Å². The van der Waals surface area contributed by atoms with E-state index in [1.807, 2.05) is 43.0 Å². The number of halogens is 2. The highest BCUT2D eigenvalue weighted by molar-refractivity contribution is 6.30. The smallest absolute Gasteiger partial charge is 0.245 e. The zero-order valence-electron chi connectivity index (χ0n) is 17.4. The van der Waals surface area contributed by atoms with Gasteiger partial charge in [-0.2, -0.15) is 0 Å². The minimum absolute atomic E-state index is 0.0592. The molecule has 1 heterocycles. The molecule has 1 N–H and O–H groups in total. The summed E-state index contributed by atoms with van der Waals surface area (Å²) in [5.41, 5.74) is 1.57. The molecule has 2 aromatic rings. The number of hydrogen-bond acceptors (Lipinski definition) is 2. The third-order valence-electron chi connectivity index (χ3n) is 5.71. The molecule has 1 unspecified atom stereocenters. The molecular formula is C24H28ClFN2O2. The maximum absolute atomic E-state index is 13.8. The summed E-state index contributed by atoms with van der Waals surface area (Å²) in [6.45, 7) is 5.12. The van der Waals surface area contributed by atoms with Crippen molar-refractivity contribution in [1.82, 2.24) is 10.2 Å². The first kappa shape index (κ1) is 22.3. The van der Waals surface area contributed by atoms with Crippen LogP contribution in [0.15, 0.2) is 48.5 Å². The predicted octanol–water partition coefficient (Wildman–Crippen LogP) is 4.57. The van der Waals surface area contributed by atoms with Gasteiger partial charge >= 0.3 is 0 Å². The van der Waals surface area contributed by atoms with E-state index in [0.29, 0.717) is 24.6 Å². The Morgan fingerprint density at radius 2 is 1.73 bits per heavy atom. The van der Waals surface area contributed by atoms with Crippen molar-refractivity contribution in [2.24, 2.45) is 5.92 Å². The summed E-state index contributed by atoms with van der Waals surface area (Å²) in [5.74, 6) is -0.482. The van der Waals surface area contributed by atoms with Gasteiger partial charge in [0.1, 0.15) is 11.9 Å². The number of nitrogens with zero attached hydrogens (tertiary/aromatic N) is 1. The number of amides is 2. The van der Waals surface area contributed by atoms with Gasteiger partial charge in [0.15, 0.2) is 0 Å². The summed E-state index contributed by atoms with van der Waals surface area (Å²) in [6.07, 6.45) is 1.67. The summed E-state index contributed by atoms with van der Waals surface area (Å²) < 4.78 is 13.8. The highest BCUT2D eigenvalue weighted by Crippen LogP contribution is 2.29. The van der Waals surface area contributed by atoms with Crippen molar-refractivity contribution >= 4 is 23.4 Å². The maximum Gasteiger partial charge on any atom is 0.245 e. The second kappa shape index (κ2) is 10.1. The first-order chi connectivity index (χ1) is 14.3. The Bertz CT molecular complexity index is 877. The summed E-state index contributed by atoms with van der Waals surface area (Å²) in [4.78, 5) is 27.4. The van der Waals surface area contributed by atoms with E-state index in [2.05, 4.69) is 5.32 Å². The molecule has 30 heavy (non-hydrogen) atoms. The lowest BCUT2D eigenvalue weighted by atomic mass is 9.89. The largest absolute Gasteiger partial charge is 0.344 e. The molecule has 2 amide bonds. The monoisotopic (exact) mass is 430 g/mol. The Balaban J connectivity index is 1.58. The zero-order chi connectivity index (χ0) is 21.7. The lowest BCUT2D eigenvalue weighted by Gasteiger charge is -2.35. The van der Waals surface area contributed by atoms with Crippen molar-refractivity contribution in [1.29, 1.82) is 0 Å². The minimum Gasteiger partial charge on any atom is -0.344 e. The van der Waals surface area contributed by atoms with Crippen LogP contribution in [0.25, 0.3) is 0 Å². The van der Waals surface area contributed by atoms with Crippen LogP contribution in [-0.4, -0.2) is 35.8 Å². The minimum atomic E-state index is -0.614. The highest BCUT2D eigenvalue weighted by atomic mass is 35.5. The van der Waals surface area contributed by atoms with E-state index in [9.17, 15) is 14.0 Å². The summed E-state index contributed by atoms with van der Waals surface area (Å²) in [5, 5.41) is 3.55. The van der Waals surface area contributed by atoms with Crippen LogP contribution in [0, 0.1) is 11.7 Å². The van der Waals surface area contributed by atoms with Crippen molar-refractivity contribution in [2.75, 3.05) is 13.1 Å². The lowest BCUT2D eigenvalue weighted by Crippen LogP contribution is -2.53. The van der Waals surface area contributed by atoms with Gasteiger partial charge in [0.25, 0.3) is 0 Å². The Kier molecular flexibility index (Phi) is 7.48. The van der Waals surface area contributed by atoms with Gasteiger partial charge in [-0.3, -0.25) is 9.59 Å². The molecule has 160 valence electrons. The van der Waals surface area contributed by atoms with E-state index < -0.39 is 11.9 Å². The molecule has 3 rings (SSSR count). The van der Waals surface area contributed by atoms with Crippen LogP contribution < -0.4 is 5.32 Å². The van der Waals surface area contributed by atoms with Crippen molar-refractivity contribution in [2.45, 2.75) is 45.1 Å². The van der Waals surface area contributed by atoms with Crippen LogP contribution in [0.2, 0.25) is 5.02 Å². The predicted molar refractivity (Wildman–Crippen MR) is 117 cm³/mol. The van der Waals surface area contributed by atoms with E-state index in [1.54, 1.807) is 18.2 Å². The van der Waals surface area contributed by atoms with Crippen LogP contribution in [0.4, 0.5) is 4.39 Å². The van der Waals surface area contributed by atoms with Gasteiger partial charge < -0.3 is 10.2 Å². The molecule has 1 fully saturated rings. The fraction of sp³-hybridized carbons (Fsp3) is 0.417. The van der Waals surface area contributed by atoms with Crippen molar-refractivity contribution in [3.63, 3.8) is 0 Å². The van der Waals surface area contributed by atoms with Gasteiger partial charge in [0.2, 0.25) is 11.8 Å². The normalized spacial score (nSPS) is 15.8. The molecule has 2 aromatic carbocycles. The van der Waals surface area contributed by atoms with Gasteiger partial charge in [-0.25, -0.2) is 4.39 Å². The zero-order valence-corrected chi connectivity index (χ0v) is 18.2. The fourth-order valence-electron chi connectivity index (χ4n) is 3.92. The second-order valence-electron chi connectivity index (χ2n) is 8.21. The number of piperidine rings is 1. The van der Waals surface area contributed by atoms with Gasteiger partial charge in [0, 0.05) is 18.1 Å². The molecular weight excluding hydrogens is 403 g/mol. The maximum atomic E-state index is 13.8. The molecule has 6 heteroatoms. The standard InChI is InChI=1S/C24H28ClFN2O2/c1-16(2)23(27-22(29)15-19-5-3-4-6-21(19)26)24(30)28-13-11-18(12-14-28)17-7-9-20(25)10-8-17/h3-10,16,18,23H,11-15H2,1-2H3,(H,27,29). The average molecular weight is 431 g/mol. The summed E-state index contributed by atoms with van der Waals surface area (Å²) in [7, 11) is 0. The SMILES string of the molecule is CC(C)C(NC(=O)Cc1ccccc1F)C(=O)N1CCC(c2ccc(Cl)cc2)CC1. The molecule has 1 atom stereocenters. The number of hydrogen-bond donors (Lipinski definition) is 1. The lowest BCUT2D eigenvalue weighted by molar-refractivity contribution is -0.138. The molecule has 1 aliphatic heterocycles. The summed E-state index contributed by atoms with van der Waals surface area (Å²) in [6, 6.07) is 13.5. The second-order valence-corrected chi connectivity index (χ2v) is 8.64. The van der Waals surface area contributed by atoms with Crippen molar-refractivity contribution in [3.8, 4) is 0 Å². The molecule has 0 aliphatic carbocycles. The van der Waals surface area contributed by atoms with E-state index in [0.717, 1.165) is 17.9 Å². The number of likely N-dealkylation sites (tertiary alicyclic amines) is 1. The van der Waals surface area contributed by atoms with Crippen LogP contribution >= 0.6 is 11.6 Å². The molecule has 0 saturated carbocycles. The third kappa shape index (κ3) is 5.60. The van der Waals surface area contributed by atoms with Gasteiger partial charge in [-0.15, -0.1) is 0 Å². The first-order valence-electron chi connectivity index (χ1n) is 10.4. The van der Waals surface area contributed by atoms with E-state index in [4.69, 9.17) is 11.6 Å². The van der Waals surface area contributed by atoms with E-state index >= 15 is 0 Å². The van der Waals surface area contributed by atoms with Gasteiger partial charge in [-0.1, -0.05) is 55.8 Å². The molecule has 1 aliphatic rings. The van der Waals surface area contributed by atoms with E-state index in [1.165, 1.54) is 11.6 Å². The molecule has 0 radical (unpaired) electrons. The van der Waals surface area contributed by atoms with Gasteiger partial charge in [-0.05, 0) is 54.0 Å². The Morgan fingerprint density at radius 3 is 2.33 bits per heavy atom. The summed E-state index contributed by atoms with van der Waals surface area (Å²) >= 11 is 5.97. The van der Waals surface area contributed by atoms with Gasteiger partial charge in [0.05, 0.1) is 6.42 Å². The topological polar surface area (TPSA) is 49.4 Å². The number of rotatable bonds is 6. The molecule has 0 bridgehead atoms. The van der Waals surface area contributed by atoms with Crippen LogP contribution in [-0.2, 0) is 16.0 Å². The number of benzene rings is 2. The number of carbonyl (C=O) groups is 2. The number of nitrogens with one attached hydrogen (secondary N) is 1. The third-order valence-corrected chi connectivity index (χ3v) is 5.96. The number of carbonyl (C=O) groups excluding carboxylic acids is 2. The molecule has 0 spiro atoms. The van der Waals surface area contributed by atoms with Crippen LogP contribution in [0.5, 0.6) is 0 Å².